The number of aliphatic imine (C=N–C) groups is 1. The lowest BCUT2D eigenvalue weighted by Gasteiger charge is -2.15. The molecule has 1 aromatic heterocycles. The number of hydrogen-bond acceptors (Lipinski definition) is 4. The molecule has 0 aromatic carbocycles. The van der Waals surface area contributed by atoms with E-state index in [0.29, 0.717) is 12.6 Å². The van der Waals surface area contributed by atoms with Crippen molar-refractivity contribution in [2.24, 2.45) is 4.99 Å². The smallest absolute Gasteiger partial charge is 0.218 e. The van der Waals surface area contributed by atoms with E-state index < -0.39 is 0 Å². The van der Waals surface area contributed by atoms with Crippen LogP contribution in [0.15, 0.2) is 23.3 Å². The monoisotopic (exact) mass is 462 g/mol. The number of nitrogens with one attached hydrogen (secondary N) is 2. The van der Waals surface area contributed by atoms with Crippen LogP contribution in [0, 0.1) is 0 Å². The maximum atomic E-state index is 6.07. The first-order valence-electron chi connectivity index (χ1n) is 8.95. The highest BCUT2D eigenvalue weighted by molar-refractivity contribution is 14.0. The van der Waals surface area contributed by atoms with Crippen molar-refractivity contribution in [1.29, 1.82) is 0 Å². The normalized spacial score (nSPS) is 14.9. The number of methoxy groups -OCH3 is 1. The summed E-state index contributed by atoms with van der Waals surface area (Å²) < 4.78 is 11.1. The second-order valence-electron chi connectivity index (χ2n) is 5.96. The fraction of sp³-hybridized carbons (Fsp3) is 0.667. The van der Waals surface area contributed by atoms with Crippen molar-refractivity contribution >= 4 is 29.9 Å². The van der Waals surface area contributed by atoms with Gasteiger partial charge in [-0.05, 0) is 45.1 Å². The Balaban J connectivity index is 0.00000312. The summed E-state index contributed by atoms with van der Waals surface area (Å²) in [4.78, 5) is 9.05. The molecule has 0 aliphatic heterocycles. The first-order chi connectivity index (χ1) is 11.8. The predicted molar refractivity (Wildman–Crippen MR) is 112 cm³/mol. The van der Waals surface area contributed by atoms with Crippen LogP contribution in [-0.2, 0) is 11.3 Å². The molecule has 2 rings (SSSR count). The Morgan fingerprint density at radius 3 is 2.84 bits per heavy atom. The quantitative estimate of drug-likeness (QED) is 0.256. The average Bonchev–Trinajstić information content (AvgIpc) is 3.10. The predicted octanol–water partition coefficient (Wildman–Crippen LogP) is 3.11. The highest BCUT2D eigenvalue weighted by Crippen LogP contribution is 2.25. The summed E-state index contributed by atoms with van der Waals surface area (Å²) in [5, 5.41) is 6.58. The number of nitrogens with zero attached hydrogens (tertiary/aromatic N) is 2. The van der Waals surface area contributed by atoms with Gasteiger partial charge in [0.2, 0.25) is 5.88 Å². The molecule has 1 aliphatic carbocycles. The van der Waals surface area contributed by atoms with Crippen molar-refractivity contribution in [3.63, 3.8) is 0 Å². The zero-order valence-corrected chi connectivity index (χ0v) is 17.6. The number of guanidine groups is 1. The zero-order chi connectivity index (χ0) is 17.0. The van der Waals surface area contributed by atoms with Gasteiger partial charge < -0.3 is 20.1 Å². The van der Waals surface area contributed by atoms with Gasteiger partial charge in [-0.15, -0.1) is 24.0 Å². The number of aromatic nitrogens is 1. The molecule has 7 heteroatoms. The third-order valence-corrected chi connectivity index (χ3v) is 4.00. The van der Waals surface area contributed by atoms with Gasteiger partial charge in [0, 0.05) is 38.6 Å². The lowest BCUT2D eigenvalue weighted by atomic mass is 10.2. The SMILES string of the molecule is CCNC(=NCc1cccnc1OC1CCCC1)NCCCOC.I. The molecule has 1 fully saturated rings. The number of hydrogen-bond donors (Lipinski definition) is 2. The van der Waals surface area contributed by atoms with Crippen LogP contribution >= 0.6 is 24.0 Å². The van der Waals surface area contributed by atoms with E-state index in [2.05, 4.69) is 27.5 Å². The molecule has 0 bridgehead atoms. The summed E-state index contributed by atoms with van der Waals surface area (Å²) in [6.07, 6.45) is 7.80. The van der Waals surface area contributed by atoms with Gasteiger partial charge in [0.15, 0.2) is 5.96 Å². The summed E-state index contributed by atoms with van der Waals surface area (Å²) in [5.41, 5.74) is 1.03. The van der Waals surface area contributed by atoms with E-state index in [9.17, 15) is 0 Å². The number of rotatable bonds is 9. The molecular formula is C18H31IN4O2. The van der Waals surface area contributed by atoms with E-state index in [-0.39, 0.29) is 24.0 Å². The van der Waals surface area contributed by atoms with Crippen LogP contribution in [-0.4, -0.2) is 43.9 Å². The minimum absolute atomic E-state index is 0. The van der Waals surface area contributed by atoms with Crippen molar-refractivity contribution < 1.29 is 9.47 Å². The maximum absolute atomic E-state index is 6.07. The van der Waals surface area contributed by atoms with Crippen LogP contribution in [0.3, 0.4) is 0 Å². The molecule has 142 valence electrons. The van der Waals surface area contributed by atoms with Crippen molar-refractivity contribution in [3.05, 3.63) is 23.9 Å². The summed E-state index contributed by atoms with van der Waals surface area (Å²) >= 11 is 0. The van der Waals surface area contributed by atoms with Crippen LogP contribution in [0.25, 0.3) is 0 Å². The molecule has 0 radical (unpaired) electrons. The lowest BCUT2D eigenvalue weighted by molar-refractivity contribution is 0.195. The minimum Gasteiger partial charge on any atom is -0.474 e. The molecular weight excluding hydrogens is 431 g/mol. The molecule has 1 heterocycles. The van der Waals surface area contributed by atoms with Crippen LogP contribution in [0.4, 0.5) is 0 Å². The van der Waals surface area contributed by atoms with Crippen LogP contribution in [0.5, 0.6) is 5.88 Å². The van der Waals surface area contributed by atoms with E-state index in [1.165, 1.54) is 12.8 Å². The van der Waals surface area contributed by atoms with Crippen molar-refractivity contribution in [2.75, 3.05) is 26.8 Å². The van der Waals surface area contributed by atoms with E-state index in [1.54, 1.807) is 13.3 Å². The van der Waals surface area contributed by atoms with Gasteiger partial charge in [-0.1, -0.05) is 6.07 Å². The van der Waals surface area contributed by atoms with Gasteiger partial charge in [0.25, 0.3) is 0 Å². The van der Waals surface area contributed by atoms with Gasteiger partial charge in [-0.3, -0.25) is 0 Å². The van der Waals surface area contributed by atoms with Gasteiger partial charge in [0.1, 0.15) is 6.10 Å². The van der Waals surface area contributed by atoms with Crippen molar-refractivity contribution in [1.82, 2.24) is 15.6 Å². The van der Waals surface area contributed by atoms with Gasteiger partial charge >= 0.3 is 0 Å². The first kappa shape index (κ1) is 22.0. The molecule has 1 aromatic rings. The highest BCUT2D eigenvalue weighted by atomic mass is 127. The van der Waals surface area contributed by atoms with E-state index >= 15 is 0 Å². The fourth-order valence-corrected chi connectivity index (χ4v) is 2.74. The topological polar surface area (TPSA) is 67.8 Å². The number of ether oxygens (including phenoxy) is 2. The third kappa shape index (κ3) is 8.22. The summed E-state index contributed by atoms with van der Waals surface area (Å²) in [6.45, 7) is 5.02. The molecule has 0 atom stereocenters. The van der Waals surface area contributed by atoms with Gasteiger partial charge in [-0.25, -0.2) is 9.98 Å². The van der Waals surface area contributed by atoms with Gasteiger partial charge in [0.05, 0.1) is 6.54 Å². The average molecular weight is 462 g/mol. The molecule has 0 unspecified atom stereocenters. The van der Waals surface area contributed by atoms with E-state index in [1.807, 2.05) is 12.1 Å². The molecule has 2 N–H and O–H groups in total. The Kier molecular flexibility index (Phi) is 11.6. The van der Waals surface area contributed by atoms with Crippen molar-refractivity contribution in [2.45, 2.75) is 51.7 Å². The molecule has 25 heavy (non-hydrogen) atoms. The molecule has 6 nitrogen and oxygen atoms in total. The Bertz CT molecular complexity index is 508. The molecule has 1 saturated carbocycles. The Morgan fingerprint density at radius 1 is 1.32 bits per heavy atom. The fourth-order valence-electron chi connectivity index (χ4n) is 2.74. The highest BCUT2D eigenvalue weighted by Gasteiger charge is 2.18. The molecule has 0 amide bonds. The minimum atomic E-state index is 0. The second-order valence-corrected chi connectivity index (χ2v) is 5.96. The lowest BCUT2D eigenvalue weighted by Crippen LogP contribution is -2.38. The Labute approximate surface area is 168 Å². The van der Waals surface area contributed by atoms with E-state index in [0.717, 1.165) is 56.4 Å². The Morgan fingerprint density at radius 2 is 2.12 bits per heavy atom. The molecule has 1 aliphatic rings. The maximum Gasteiger partial charge on any atom is 0.218 e. The second kappa shape index (κ2) is 13.2. The molecule has 0 spiro atoms. The summed E-state index contributed by atoms with van der Waals surface area (Å²) in [7, 11) is 1.72. The first-order valence-corrected chi connectivity index (χ1v) is 8.95. The third-order valence-electron chi connectivity index (χ3n) is 4.00. The number of pyridine rings is 1. The zero-order valence-electron chi connectivity index (χ0n) is 15.3. The largest absolute Gasteiger partial charge is 0.474 e. The van der Waals surface area contributed by atoms with E-state index in [4.69, 9.17) is 9.47 Å². The van der Waals surface area contributed by atoms with Crippen LogP contribution < -0.4 is 15.4 Å². The van der Waals surface area contributed by atoms with Gasteiger partial charge in [-0.2, -0.15) is 0 Å². The Hall–Kier alpha value is -1.09. The summed E-state index contributed by atoms with van der Waals surface area (Å²) in [6, 6.07) is 3.97. The van der Waals surface area contributed by atoms with Crippen LogP contribution in [0.2, 0.25) is 0 Å². The van der Waals surface area contributed by atoms with Crippen molar-refractivity contribution in [3.8, 4) is 5.88 Å². The standard InChI is InChI=1S/C18H30N4O2.HI/c1-3-19-18(21-12-7-13-23-2)22-14-15-8-6-11-20-17(15)24-16-9-4-5-10-16;/h6,8,11,16H,3-5,7,9-10,12-14H2,1-2H3,(H2,19,21,22);1H. The van der Waals surface area contributed by atoms with Crippen LogP contribution in [0.1, 0.15) is 44.6 Å². The summed E-state index contributed by atoms with van der Waals surface area (Å²) in [5.74, 6) is 1.53. The molecule has 0 saturated heterocycles. The number of halogens is 1.